The summed E-state index contributed by atoms with van der Waals surface area (Å²) < 4.78 is 21.7. The highest BCUT2D eigenvalue weighted by Gasteiger charge is 2.45. The van der Waals surface area contributed by atoms with E-state index in [9.17, 15) is 0 Å². The fourth-order valence-electron chi connectivity index (χ4n) is 3.90. The molecule has 0 aliphatic carbocycles. The first-order valence-electron chi connectivity index (χ1n) is 10.0. The number of hydrogen-bond acceptors (Lipinski definition) is 3. The van der Waals surface area contributed by atoms with Crippen LogP contribution in [0.3, 0.4) is 0 Å². The number of thiocarbonyl (C=S) groups is 1. The van der Waals surface area contributed by atoms with Gasteiger partial charge in [-0.15, -0.1) is 0 Å². The van der Waals surface area contributed by atoms with Crippen molar-refractivity contribution in [2.75, 3.05) is 52.6 Å². The third-order valence-electron chi connectivity index (χ3n) is 5.18. The number of benzene rings is 1. The normalized spacial score (nSPS) is 20.0. The summed E-state index contributed by atoms with van der Waals surface area (Å²) in [5.74, 6) is 0. The largest absolute Gasteiger partial charge is 0.379 e. The first-order chi connectivity index (χ1) is 13.4. The van der Waals surface area contributed by atoms with Gasteiger partial charge in [0.1, 0.15) is 7.36 Å². The van der Waals surface area contributed by atoms with Crippen LogP contribution in [0.4, 0.5) is 0 Å². The van der Waals surface area contributed by atoms with Gasteiger partial charge in [-0.1, -0.05) is 51.1 Å². The molecule has 1 aromatic rings. The minimum Gasteiger partial charge on any atom is -0.379 e. The van der Waals surface area contributed by atoms with Gasteiger partial charge in [-0.05, 0) is 17.8 Å². The zero-order valence-electron chi connectivity index (χ0n) is 17.3. The van der Waals surface area contributed by atoms with Gasteiger partial charge < -0.3 is 14.8 Å². The van der Waals surface area contributed by atoms with Gasteiger partial charge in [-0.3, -0.25) is 9.34 Å². The molecule has 3 rings (SSSR count). The summed E-state index contributed by atoms with van der Waals surface area (Å²) in [5.41, 5.74) is 1.21. The van der Waals surface area contributed by atoms with Crippen LogP contribution in [0.1, 0.15) is 26.3 Å². The fraction of sp³-hybridized carbons (Fsp3) is 0.650. The van der Waals surface area contributed by atoms with Gasteiger partial charge in [0.05, 0.1) is 26.4 Å². The van der Waals surface area contributed by atoms with Crippen LogP contribution in [0.25, 0.3) is 0 Å². The Hall–Kier alpha value is -0.820. The van der Waals surface area contributed by atoms with Crippen molar-refractivity contribution in [3.8, 4) is 0 Å². The Kier molecular flexibility index (Phi) is 7.65. The Morgan fingerprint density at radius 1 is 1.00 bits per heavy atom. The Labute approximate surface area is 174 Å². The van der Waals surface area contributed by atoms with Gasteiger partial charge in [-0.25, -0.2) is 4.74 Å². The van der Waals surface area contributed by atoms with E-state index in [1.165, 1.54) is 5.56 Å². The molecule has 2 aliphatic heterocycles. The lowest BCUT2D eigenvalue weighted by Crippen LogP contribution is -2.48. The number of morpholine rings is 2. The minimum atomic E-state index is -2.08. The van der Waals surface area contributed by atoms with E-state index in [0.717, 1.165) is 52.6 Å². The minimum absolute atomic E-state index is 0.0276. The Bertz CT molecular complexity index is 674. The van der Waals surface area contributed by atoms with Gasteiger partial charge in [0.25, 0.3) is 0 Å². The molecule has 156 valence electrons. The van der Waals surface area contributed by atoms with Crippen LogP contribution in [0.5, 0.6) is 0 Å². The van der Waals surface area contributed by atoms with Crippen LogP contribution in [-0.4, -0.2) is 72.2 Å². The van der Waals surface area contributed by atoms with Crippen molar-refractivity contribution < 1.29 is 9.47 Å². The van der Waals surface area contributed by atoms with Gasteiger partial charge in [0.15, 0.2) is 5.11 Å². The second kappa shape index (κ2) is 9.79. The van der Waals surface area contributed by atoms with E-state index < -0.39 is 7.36 Å². The lowest BCUT2D eigenvalue weighted by atomic mass is 10.2. The van der Waals surface area contributed by atoms with E-state index >= 15 is 0 Å². The van der Waals surface area contributed by atoms with E-state index in [-0.39, 0.29) is 5.16 Å². The number of hydrogen-bond donors (Lipinski definition) is 1. The lowest BCUT2D eigenvalue weighted by Gasteiger charge is -2.52. The molecule has 0 spiro atoms. The predicted octanol–water partition coefficient (Wildman–Crippen LogP) is 3.56. The van der Waals surface area contributed by atoms with Crippen molar-refractivity contribution in [3.05, 3.63) is 35.9 Å². The van der Waals surface area contributed by atoms with Crippen LogP contribution >= 0.6 is 19.6 Å². The Morgan fingerprint density at radius 3 is 1.96 bits per heavy atom. The molecule has 0 unspecified atom stereocenters. The summed E-state index contributed by atoms with van der Waals surface area (Å²) in [4.78, 5) is 0. The van der Waals surface area contributed by atoms with Crippen LogP contribution in [0.15, 0.2) is 35.1 Å². The third kappa shape index (κ3) is 5.02. The Morgan fingerprint density at radius 2 is 1.50 bits per heavy atom. The molecular formula is C20H33N4O2PS. The first-order valence-corrected chi connectivity index (χ1v) is 12.1. The zero-order valence-corrected chi connectivity index (χ0v) is 19.0. The molecule has 1 N–H and O–H groups in total. The van der Waals surface area contributed by atoms with Crippen LogP contribution in [0.2, 0.25) is 0 Å². The van der Waals surface area contributed by atoms with Crippen molar-refractivity contribution in [2.24, 2.45) is 4.74 Å². The summed E-state index contributed by atoms with van der Waals surface area (Å²) in [5, 5.41) is 3.96. The van der Waals surface area contributed by atoms with Gasteiger partial charge in [-0.2, -0.15) is 0 Å². The topological polar surface area (TPSA) is 49.3 Å². The van der Waals surface area contributed by atoms with E-state index in [1.807, 2.05) is 18.2 Å². The zero-order chi connectivity index (χ0) is 20.0. The van der Waals surface area contributed by atoms with Crippen molar-refractivity contribution >= 4 is 24.7 Å². The summed E-state index contributed by atoms with van der Waals surface area (Å²) in [6.45, 7) is 14.2. The molecule has 0 aromatic heterocycles. The number of nitrogens with one attached hydrogen (secondary N) is 1. The molecule has 6 nitrogen and oxygen atoms in total. The Balaban J connectivity index is 1.92. The second-order valence-corrected chi connectivity index (χ2v) is 12.3. The molecule has 28 heavy (non-hydrogen) atoms. The van der Waals surface area contributed by atoms with Crippen molar-refractivity contribution in [3.63, 3.8) is 0 Å². The van der Waals surface area contributed by atoms with Crippen LogP contribution < -0.4 is 5.32 Å². The molecule has 2 aliphatic rings. The molecule has 2 saturated heterocycles. The van der Waals surface area contributed by atoms with Gasteiger partial charge >= 0.3 is 0 Å². The smallest absolute Gasteiger partial charge is 0.194 e. The molecule has 0 radical (unpaired) electrons. The highest BCUT2D eigenvalue weighted by Crippen LogP contribution is 2.66. The number of ether oxygens (including phenoxy) is 2. The molecule has 1 aromatic carbocycles. The average Bonchev–Trinajstić information content (AvgIpc) is 2.71. The van der Waals surface area contributed by atoms with Crippen molar-refractivity contribution in [2.45, 2.75) is 32.5 Å². The summed E-state index contributed by atoms with van der Waals surface area (Å²) in [6.07, 6.45) is 0. The molecule has 0 saturated carbocycles. The van der Waals surface area contributed by atoms with Crippen LogP contribution in [0, 0.1) is 0 Å². The molecule has 0 amide bonds. The number of nitrogens with zero attached hydrogens (tertiary/aromatic N) is 3. The molecule has 0 bridgehead atoms. The molecule has 2 heterocycles. The maximum absolute atomic E-state index is 5.74. The molecule has 0 atom stereocenters. The second-order valence-electron chi connectivity index (χ2n) is 8.12. The first kappa shape index (κ1) is 21.9. The fourth-order valence-corrected chi connectivity index (χ4v) is 8.69. The third-order valence-corrected chi connectivity index (χ3v) is 10.2. The molecular weight excluding hydrogens is 391 g/mol. The van der Waals surface area contributed by atoms with E-state index in [0.29, 0.717) is 11.7 Å². The van der Waals surface area contributed by atoms with Crippen molar-refractivity contribution in [1.29, 1.82) is 0 Å². The highest BCUT2D eigenvalue weighted by atomic mass is 32.1. The van der Waals surface area contributed by atoms with Gasteiger partial charge in [0.2, 0.25) is 0 Å². The molecule has 8 heteroatoms. The standard InChI is InChI=1S/C20H33N4O2PS/c1-20(2,3)27(23-9-13-25-14-10-23,24-11-15-26-16-12-24)22-19(28)21-17-18-7-5-4-6-8-18/h4-8H,9-17H2,1-3H3,(H,21,28). The number of rotatable bonds is 4. The summed E-state index contributed by atoms with van der Waals surface area (Å²) in [6, 6.07) is 10.3. The quantitative estimate of drug-likeness (QED) is 0.589. The average molecular weight is 425 g/mol. The van der Waals surface area contributed by atoms with E-state index in [1.54, 1.807) is 0 Å². The van der Waals surface area contributed by atoms with Gasteiger partial charge in [0, 0.05) is 37.9 Å². The molecule has 2 fully saturated rings. The predicted molar refractivity (Wildman–Crippen MR) is 120 cm³/mol. The van der Waals surface area contributed by atoms with Crippen molar-refractivity contribution in [1.82, 2.24) is 14.7 Å². The highest BCUT2D eigenvalue weighted by molar-refractivity contribution is 7.81. The van der Waals surface area contributed by atoms with Crippen LogP contribution in [-0.2, 0) is 16.0 Å². The SMILES string of the molecule is CC(C)(C)P(=NC(=S)NCc1ccccc1)(N1CCOCC1)N1CCOCC1. The maximum Gasteiger partial charge on any atom is 0.194 e. The lowest BCUT2D eigenvalue weighted by molar-refractivity contribution is 0.0551. The summed E-state index contributed by atoms with van der Waals surface area (Å²) in [7, 11) is -2.08. The van der Waals surface area contributed by atoms with E-state index in [2.05, 4.69) is 47.6 Å². The summed E-state index contributed by atoms with van der Waals surface area (Å²) >= 11 is 5.74. The van der Waals surface area contributed by atoms with E-state index in [4.69, 9.17) is 26.4 Å². The maximum atomic E-state index is 5.74. The monoisotopic (exact) mass is 424 g/mol.